The zero-order chi connectivity index (χ0) is 16.3. The number of hydrogen-bond acceptors (Lipinski definition) is 3. The minimum Gasteiger partial charge on any atom is -0.481 e. The molecule has 0 saturated carbocycles. The summed E-state index contributed by atoms with van der Waals surface area (Å²) in [4.78, 5) is 22.4. The number of benzene rings is 1. The Bertz CT molecular complexity index is 711. The maximum Gasteiger partial charge on any atom is 0.305 e. The average Bonchev–Trinajstić information content (AvgIpc) is 2.77. The number of aliphatic carboxylic acids is 1. The topological polar surface area (TPSA) is 84.2 Å². The van der Waals surface area contributed by atoms with E-state index in [1.54, 1.807) is 7.05 Å². The third-order valence-corrected chi connectivity index (χ3v) is 3.23. The quantitative estimate of drug-likeness (QED) is 0.881. The van der Waals surface area contributed by atoms with Crippen LogP contribution >= 0.6 is 11.6 Å². The number of carbonyl (C=O) groups is 2. The molecular formula is C14H13ClFN3O3. The normalized spacial score (nSPS) is 10.5. The molecule has 1 aromatic heterocycles. The van der Waals surface area contributed by atoms with Gasteiger partial charge in [0.15, 0.2) is 0 Å². The minimum absolute atomic E-state index is 0.0352. The van der Waals surface area contributed by atoms with Gasteiger partial charge in [-0.2, -0.15) is 5.10 Å². The van der Waals surface area contributed by atoms with Gasteiger partial charge in [0.2, 0.25) is 0 Å². The van der Waals surface area contributed by atoms with Gasteiger partial charge in [-0.3, -0.25) is 14.3 Å². The lowest BCUT2D eigenvalue weighted by atomic mass is 10.1. The SMILES string of the molecule is Cn1ncc(Cl)c1-c1cc(F)cc(C(=O)NCCC(=O)O)c1. The van der Waals surface area contributed by atoms with E-state index in [1.807, 2.05) is 0 Å². The number of amides is 1. The molecule has 6 nitrogen and oxygen atoms in total. The first-order valence-corrected chi connectivity index (χ1v) is 6.74. The number of halogens is 2. The monoisotopic (exact) mass is 325 g/mol. The highest BCUT2D eigenvalue weighted by molar-refractivity contribution is 6.33. The van der Waals surface area contributed by atoms with E-state index in [0.29, 0.717) is 16.3 Å². The van der Waals surface area contributed by atoms with Crippen molar-refractivity contribution in [3.05, 3.63) is 40.8 Å². The molecule has 2 rings (SSSR count). The van der Waals surface area contributed by atoms with E-state index >= 15 is 0 Å². The molecule has 22 heavy (non-hydrogen) atoms. The second-order valence-electron chi connectivity index (χ2n) is 4.59. The molecule has 0 bridgehead atoms. The van der Waals surface area contributed by atoms with Crippen LogP contribution in [-0.2, 0) is 11.8 Å². The van der Waals surface area contributed by atoms with E-state index in [9.17, 15) is 14.0 Å². The second-order valence-corrected chi connectivity index (χ2v) is 5.00. The molecule has 2 N–H and O–H groups in total. The summed E-state index contributed by atoms with van der Waals surface area (Å²) in [5.74, 6) is -2.18. The van der Waals surface area contributed by atoms with Crippen LogP contribution in [0, 0.1) is 5.82 Å². The van der Waals surface area contributed by atoms with Crippen molar-refractivity contribution in [1.29, 1.82) is 0 Å². The molecule has 0 unspecified atom stereocenters. The van der Waals surface area contributed by atoms with Gasteiger partial charge in [-0.1, -0.05) is 11.6 Å². The summed E-state index contributed by atoms with van der Waals surface area (Å²) >= 11 is 6.01. The van der Waals surface area contributed by atoms with Gasteiger partial charge in [0.05, 0.1) is 23.3 Å². The van der Waals surface area contributed by atoms with Crippen molar-refractivity contribution >= 4 is 23.5 Å². The first kappa shape index (κ1) is 16.0. The van der Waals surface area contributed by atoms with Crippen LogP contribution in [0.3, 0.4) is 0 Å². The van der Waals surface area contributed by atoms with Gasteiger partial charge in [-0.05, 0) is 18.2 Å². The number of nitrogens with zero attached hydrogens (tertiary/aromatic N) is 2. The molecule has 2 aromatic rings. The predicted octanol–water partition coefficient (Wildman–Crippen LogP) is 2.08. The minimum atomic E-state index is -1.03. The molecule has 0 aliphatic heterocycles. The van der Waals surface area contributed by atoms with Gasteiger partial charge in [-0.25, -0.2) is 4.39 Å². The Morgan fingerprint density at radius 1 is 1.41 bits per heavy atom. The van der Waals surface area contributed by atoms with Gasteiger partial charge in [-0.15, -0.1) is 0 Å². The van der Waals surface area contributed by atoms with Crippen LogP contribution in [0.1, 0.15) is 16.8 Å². The van der Waals surface area contributed by atoms with Gasteiger partial charge < -0.3 is 10.4 Å². The van der Waals surface area contributed by atoms with Crippen molar-refractivity contribution in [3.8, 4) is 11.3 Å². The Kier molecular flexibility index (Phi) is 4.77. The van der Waals surface area contributed by atoms with E-state index in [1.165, 1.54) is 23.0 Å². The number of carbonyl (C=O) groups excluding carboxylic acids is 1. The maximum absolute atomic E-state index is 13.7. The summed E-state index contributed by atoms with van der Waals surface area (Å²) in [7, 11) is 1.65. The van der Waals surface area contributed by atoms with E-state index < -0.39 is 17.7 Å². The Hall–Kier alpha value is -2.41. The molecule has 0 aliphatic rings. The van der Waals surface area contributed by atoms with E-state index in [4.69, 9.17) is 16.7 Å². The number of rotatable bonds is 5. The summed E-state index contributed by atoms with van der Waals surface area (Å²) in [5, 5.41) is 15.3. The maximum atomic E-state index is 13.7. The molecule has 116 valence electrons. The molecule has 0 radical (unpaired) electrons. The van der Waals surface area contributed by atoms with Gasteiger partial charge in [0, 0.05) is 24.7 Å². The number of aryl methyl sites for hydroxylation is 1. The van der Waals surface area contributed by atoms with E-state index in [-0.39, 0.29) is 18.5 Å². The van der Waals surface area contributed by atoms with Crippen molar-refractivity contribution in [2.45, 2.75) is 6.42 Å². The summed E-state index contributed by atoms with van der Waals surface area (Å²) < 4.78 is 15.2. The molecule has 1 heterocycles. The fraction of sp³-hybridized carbons (Fsp3) is 0.214. The summed E-state index contributed by atoms with van der Waals surface area (Å²) in [6, 6.07) is 3.79. The molecular weight excluding hydrogens is 313 g/mol. The lowest BCUT2D eigenvalue weighted by molar-refractivity contribution is -0.136. The number of carboxylic acid groups (broad SMARTS) is 1. The summed E-state index contributed by atoms with van der Waals surface area (Å²) in [6.45, 7) is -0.0352. The van der Waals surface area contributed by atoms with Crippen molar-refractivity contribution in [2.75, 3.05) is 6.54 Å². The number of hydrogen-bond donors (Lipinski definition) is 2. The smallest absolute Gasteiger partial charge is 0.305 e. The average molecular weight is 326 g/mol. The Labute approximate surface area is 130 Å². The third kappa shape index (κ3) is 3.62. The van der Waals surface area contributed by atoms with Crippen LogP contribution in [0.25, 0.3) is 11.3 Å². The molecule has 0 aliphatic carbocycles. The fourth-order valence-corrected chi connectivity index (χ4v) is 2.25. The number of aromatic nitrogens is 2. The summed E-state index contributed by atoms with van der Waals surface area (Å²) in [6.07, 6.45) is 1.22. The van der Waals surface area contributed by atoms with E-state index in [2.05, 4.69) is 10.4 Å². The molecule has 0 spiro atoms. The third-order valence-electron chi connectivity index (χ3n) is 2.95. The highest BCUT2D eigenvalue weighted by Crippen LogP contribution is 2.28. The molecule has 0 fully saturated rings. The van der Waals surface area contributed by atoms with Crippen LogP contribution in [0.15, 0.2) is 24.4 Å². The molecule has 1 aromatic carbocycles. The van der Waals surface area contributed by atoms with Crippen LogP contribution in [-0.4, -0.2) is 33.3 Å². The van der Waals surface area contributed by atoms with E-state index in [0.717, 1.165) is 6.07 Å². The number of nitrogens with one attached hydrogen (secondary N) is 1. The van der Waals surface area contributed by atoms with Crippen molar-refractivity contribution in [3.63, 3.8) is 0 Å². The Balaban J connectivity index is 2.27. The van der Waals surface area contributed by atoms with Gasteiger partial charge >= 0.3 is 5.97 Å². The number of carboxylic acids is 1. The van der Waals surface area contributed by atoms with Gasteiger partial charge in [0.25, 0.3) is 5.91 Å². The molecule has 1 amide bonds. The molecule has 0 atom stereocenters. The largest absolute Gasteiger partial charge is 0.481 e. The molecule has 8 heteroatoms. The molecule has 0 saturated heterocycles. The van der Waals surface area contributed by atoms with Crippen molar-refractivity contribution in [2.24, 2.45) is 7.05 Å². The van der Waals surface area contributed by atoms with Crippen molar-refractivity contribution < 1.29 is 19.1 Å². The second kappa shape index (κ2) is 6.57. The van der Waals surface area contributed by atoms with Crippen molar-refractivity contribution in [1.82, 2.24) is 15.1 Å². The Morgan fingerprint density at radius 3 is 2.73 bits per heavy atom. The fourth-order valence-electron chi connectivity index (χ4n) is 1.98. The first-order chi connectivity index (χ1) is 10.4. The standard InChI is InChI=1S/C14H13ClFN3O3/c1-19-13(11(15)7-18-19)8-4-9(6-10(16)5-8)14(22)17-3-2-12(20)21/h4-7H,2-3H2,1H3,(H,17,22)(H,20,21). The van der Waals surface area contributed by atoms with Crippen LogP contribution in [0.2, 0.25) is 5.02 Å². The predicted molar refractivity (Wildman–Crippen MR) is 78.2 cm³/mol. The lowest BCUT2D eigenvalue weighted by Crippen LogP contribution is -2.26. The van der Waals surface area contributed by atoms with Gasteiger partial charge in [0.1, 0.15) is 5.82 Å². The zero-order valence-electron chi connectivity index (χ0n) is 11.6. The van der Waals surface area contributed by atoms with Crippen LogP contribution in [0.5, 0.6) is 0 Å². The lowest BCUT2D eigenvalue weighted by Gasteiger charge is -2.08. The Morgan fingerprint density at radius 2 is 2.14 bits per heavy atom. The van der Waals surface area contributed by atoms with Crippen LogP contribution < -0.4 is 5.32 Å². The zero-order valence-corrected chi connectivity index (χ0v) is 12.4. The van der Waals surface area contributed by atoms with Crippen LogP contribution in [0.4, 0.5) is 4.39 Å². The summed E-state index contributed by atoms with van der Waals surface area (Å²) in [5.41, 5.74) is 0.979. The first-order valence-electron chi connectivity index (χ1n) is 6.37. The highest BCUT2D eigenvalue weighted by atomic mass is 35.5. The highest BCUT2D eigenvalue weighted by Gasteiger charge is 2.14.